The summed E-state index contributed by atoms with van der Waals surface area (Å²) in [6, 6.07) is 5.89. The van der Waals surface area contributed by atoms with E-state index in [1.54, 1.807) is 45.0 Å². The number of carbonyl (C=O) groups is 2. The molecule has 7 heteroatoms. The van der Waals surface area contributed by atoms with Crippen LogP contribution in [0.5, 0.6) is 0 Å². The molecule has 0 aliphatic carbocycles. The first-order chi connectivity index (χ1) is 10.8. The van der Waals surface area contributed by atoms with E-state index < -0.39 is 17.9 Å². The highest BCUT2D eigenvalue weighted by molar-refractivity contribution is 6.31. The number of nitrogens with zero attached hydrogens (tertiary/aromatic N) is 1. The second-order valence-corrected chi connectivity index (χ2v) is 5.67. The summed E-state index contributed by atoms with van der Waals surface area (Å²) >= 11 is 5.97. The molecule has 0 aliphatic rings. The minimum absolute atomic E-state index is 0.207. The number of rotatable bonds is 6. The Kier molecular flexibility index (Phi) is 6.61. The number of nitriles is 1. The van der Waals surface area contributed by atoms with Gasteiger partial charge in [-0.3, -0.25) is 4.79 Å². The van der Waals surface area contributed by atoms with Crippen molar-refractivity contribution in [1.29, 1.82) is 5.26 Å². The lowest BCUT2D eigenvalue weighted by Crippen LogP contribution is -2.38. The summed E-state index contributed by atoms with van der Waals surface area (Å²) in [5.74, 6) is -1.90. The lowest BCUT2D eigenvalue weighted by molar-refractivity contribution is -0.140. The van der Waals surface area contributed by atoms with E-state index in [2.05, 4.69) is 10.6 Å². The normalized spacial score (nSPS) is 12.4. The van der Waals surface area contributed by atoms with Crippen molar-refractivity contribution in [3.8, 4) is 6.07 Å². The molecule has 0 saturated heterocycles. The Morgan fingerprint density at radius 1 is 1.39 bits per heavy atom. The number of halogens is 1. The van der Waals surface area contributed by atoms with Gasteiger partial charge in [0.1, 0.15) is 17.7 Å². The van der Waals surface area contributed by atoms with Crippen molar-refractivity contribution in [2.45, 2.75) is 26.8 Å². The monoisotopic (exact) mass is 335 g/mol. The van der Waals surface area contributed by atoms with E-state index in [0.717, 1.165) is 6.20 Å². The number of carbonyl (C=O) groups excluding carboxylic acids is 1. The first-order valence-electron chi connectivity index (χ1n) is 6.93. The van der Waals surface area contributed by atoms with Crippen LogP contribution in [0, 0.1) is 24.2 Å². The smallest absolute Gasteiger partial charge is 0.326 e. The maximum atomic E-state index is 12.1. The van der Waals surface area contributed by atoms with Gasteiger partial charge in [-0.2, -0.15) is 5.26 Å². The molecule has 6 nitrogen and oxygen atoms in total. The van der Waals surface area contributed by atoms with Gasteiger partial charge in [-0.15, -0.1) is 0 Å². The zero-order valence-electron chi connectivity index (χ0n) is 13.1. The van der Waals surface area contributed by atoms with Crippen LogP contribution in [-0.2, 0) is 9.59 Å². The minimum Gasteiger partial charge on any atom is -0.480 e. The third-order valence-electron chi connectivity index (χ3n) is 3.22. The number of amides is 1. The van der Waals surface area contributed by atoms with Crippen molar-refractivity contribution in [3.05, 3.63) is 40.6 Å². The van der Waals surface area contributed by atoms with Crippen LogP contribution in [0.1, 0.15) is 19.4 Å². The van der Waals surface area contributed by atoms with E-state index in [1.165, 1.54) is 0 Å². The van der Waals surface area contributed by atoms with Crippen molar-refractivity contribution in [3.63, 3.8) is 0 Å². The fourth-order valence-corrected chi connectivity index (χ4v) is 1.98. The topological polar surface area (TPSA) is 102 Å². The number of carboxylic acids is 1. The van der Waals surface area contributed by atoms with Crippen LogP contribution in [0.15, 0.2) is 30.0 Å². The van der Waals surface area contributed by atoms with Gasteiger partial charge in [-0.05, 0) is 30.5 Å². The molecule has 1 rings (SSSR count). The molecule has 0 spiro atoms. The lowest BCUT2D eigenvalue weighted by atomic mass is 10.1. The zero-order valence-corrected chi connectivity index (χ0v) is 13.8. The molecule has 1 amide bonds. The number of anilines is 1. The number of benzene rings is 1. The van der Waals surface area contributed by atoms with Crippen molar-refractivity contribution >= 4 is 29.2 Å². The Morgan fingerprint density at radius 3 is 2.57 bits per heavy atom. The third-order valence-corrected chi connectivity index (χ3v) is 3.63. The van der Waals surface area contributed by atoms with Crippen LogP contribution in [0.3, 0.4) is 0 Å². The van der Waals surface area contributed by atoms with E-state index in [9.17, 15) is 9.59 Å². The largest absolute Gasteiger partial charge is 0.480 e. The summed E-state index contributed by atoms with van der Waals surface area (Å²) in [6.07, 6.45) is 1.12. The summed E-state index contributed by atoms with van der Waals surface area (Å²) < 4.78 is 0. The Labute approximate surface area is 139 Å². The van der Waals surface area contributed by atoms with Crippen LogP contribution < -0.4 is 10.6 Å². The van der Waals surface area contributed by atoms with Gasteiger partial charge in [0.25, 0.3) is 5.91 Å². The fourth-order valence-electron chi connectivity index (χ4n) is 1.80. The molecular formula is C16H18ClN3O3. The SMILES string of the molecule is Cc1c(Cl)cccc1NC(=O)/C(C#N)=C\NC(C(=O)O)C(C)C. The minimum atomic E-state index is -1.06. The van der Waals surface area contributed by atoms with Gasteiger partial charge in [0.05, 0.1) is 0 Å². The highest BCUT2D eigenvalue weighted by Gasteiger charge is 2.20. The van der Waals surface area contributed by atoms with Gasteiger partial charge >= 0.3 is 5.97 Å². The van der Waals surface area contributed by atoms with E-state index in [1.807, 2.05) is 0 Å². The quantitative estimate of drug-likeness (QED) is 0.548. The molecule has 0 aliphatic heterocycles. The van der Waals surface area contributed by atoms with Crippen LogP contribution in [0.4, 0.5) is 5.69 Å². The molecule has 0 saturated carbocycles. The highest BCUT2D eigenvalue weighted by Crippen LogP contribution is 2.23. The second kappa shape index (κ2) is 8.20. The maximum Gasteiger partial charge on any atom is 0.326 e. The first-order valence-corrected chi connectivity index (χ1v) is 7.31. The number of hydrogen-bond acceptors (Lipinski definition) is 4. The molecule has 1 atom stereocenters. The summed E-state index contributed by atoms with van der Waals surface area (Å²) in [5, 5.41) is 23.8. The first kappa shape index (κ1) is 18.5. The molecule has 0 heterocycles. The summed E-state index contributed by atoms with van der Waals surface area (Å²) in [7, 11) is 0. The number of carboxylic acid groups (broad SMARTS) is 1. The Balaban J connectivity index is 2.91. The number of nitrogens with one attached hydrogen (secondary N) is 2. The fraction of sp³-hybridized carbons (Fsp3) is 0.312. The Morgan fingerprint density at radius 2 is 2.04 bits per heavy atom. The van der Waals surface area contributed by atoms with E-state index in [0.29, 0.717) is 16.3 Å². The van der Waals surface area contributed by atoms with E-state index in [-0.39, 0.29) is 11.5 Å². The summed E-state index contributed by atoms with van der Waals surface area (Å²) in [5.41, 5.74) is 0.942. The lowest BCUT2D eigenvalue weighted by Gasteiger charge is -2.16. The molecule has 0 bridgehead atoms. The summed E-state index contributed by atoms with van der Waals surface area (Å²) in [6.45, 7) is 5.19. The molecule has 1 aromatic rings. The molecule has 23 heavy (non-hydrogen) atoms. The maximum absolute atomic E-state index is 12.1. The zero-order chi connectivity index (χ0) is 17.6. The number of hydrogen-bond donors (Lipinski definition) is 3. The van der Waals surface area contributed by atoms with Crippen LogP contribution >= 0.6 is 11.6 Å². The summed E-state index contributed by atoms with van der Waals surface area (Å²) in [4.78, 5) is 23.2. The van der Waals surface area contributed by atoms with Crippen LogP contribution in [0.25, 0.3) is 0 Å². The van der Waals surface area contributed by atoms with Crippen molar-refractivity contribution in [2.75, 3.05) is 5.32 Å². The van der Waals surface area contributed by atoms with Gasteiger partial charge in [0.2, 0.25) is 0 Å². The molecule has 122 valence electrons. The van der Waals surface area contributed by atoms with Gasteiger partial charge in [0.15, 0.2) is 0 Å². The Hall–Kier alpha value is -2.52. The van der Waals surface area contributed by atoms with Crippen molar-refractivity contribution in [2.24, 2.45) is 5.92 Å². The Bertz CT molecular complexity index is 678. The average Bonchev–Trinajstić information content (AvgIpc) is 2.47. The van der Waals surface area contributed by atoms with Crippen LogP contribution in [0.2, 0.25) is 5.02 Å². The molecule has 0 aromatic heterocycles. The van der Waals surface area contributed by atoms with Crippen molar-refractivity contribution in [1.82, 2.24) is 5.32 Å². The predicted octanol–water partition coefficient (Wildman–Crippen LogP) is 2.69. The highest BCUT2D eigenvalue weighted by atomic mass is 35.5. The molecule has 3 N–H and O–H groups in total. The van der Waals surface area contributed by atoms with Gasteiger partial charge in [-0.1, -0.05) is 31.5 Å². The average molecular weight is 336 g/mol. The second-order valence-electron chi connectivity index (χ2n) is 5.26. The van der Waals surface area contributed by atoms with Gasteiger partial charge < -0.3 is 15.7 Å². The third kappa shape index (κ3) is 5.01. The molecule has 0 radical (unpaired) electrons. The van der Waals surface area contributed by atoms with Gasteiger partial charge in [0, 0.05) is 16.9 Å². The molecule has 1 unspecified atom stereocenters. The van der Waals surface area contributed by atoms with Crippen molar-refractivity contribution < 1.29 is 14.7 Å². The van der Waals surface area contributed by atoms with Crippen LogP contribution in [-0.4, -0.2) is 23.0 Å². The number of aliphatic carboxylic acids is 1. The molecule has 1 aromatic carbocycles. The van der Waals surface area contributed by atoms with Gasteiger partial charge in [-0.25, -0.2) is 4.79 Å². The molecular weight excluding hydrogens is 318 g/mol. The standard InChI is InChI=1S/C16H18ClN3O3/c1-9(2)14(16(22)23)19-8-11(7-18)15(21)20-13-6-4-5-12(17)10(13)3/h4-6,8-9,14,19H,1-3H3,(H,20,21)(H,22,23)/b11-8-. The molecule has 0 fully saturated rings. The van der Waals surface area contributed by atoms with E-state index >= 15 is 0 Å². The predicted molar refractivity (Wildman–Crippen MR) is 87.9 cm³/mol. The van der Waals surface area contributed by atoms with E-state index in [4.69, 9.17) is 22.0 Å².